The van der Waals surface area contributed by atoms with Crippen molar-refractivity contribution in [2.45, 2.75) is 38.3 Å². The Labute approximate surface area is 78.3 Å². The summed E-state index contributed by atoms with van der Waals surface area (Å²) in [6.07, 6.45) is 5.20. The van der Waals surface area contributed by atoms with Crippen molar-refractivity contribution >= 4 is 5.88 Å². The molecule has 1 heterocycles. The summed E-state index contributed by atoms with van der Waals surface area (Å²) >= 11 is 0. The quantitative estimate of drug-likeness (QED) is 0.748. The normalized spacial score (nSPS) is 17.9. The van der Waals surface area contributed by atoms with Crippen LogP contribution in [0, 0.1) is 0 Å². The van der Waals surface area contributed by atoms with Gasteiger partial charge in [-0.1, -0.05) is 12.8 Å². The molecular formula is C10H16N2O. The van der Waals surface area contributed by atoms with Crippen LogP contribution in [0.4, 0.5) is 5.88 Å². The summed E-state index contributed by atoms with van der Waals surface area (Å²) in [4.78, 5) is 0. The van der Waals surface area contributed by atoms with Crippen LogP contribution in [0.15, 0.2) is 16.5 Å². The third-order valence-electron chi connectivity index (χ3n) is 2.56. The van der Waals surface area contributed by atoms with Crippen molar-refractivity contribution in [1.82, 2.24) is 0 Å². The van der Waals surface area contributed by atoms with Crippen molar-refractivity contribution in [3.05, 3.63) is 17.9 Å². The van der Waals surface area contributed by atoms with Gasteiger partial charge in [0, 0.05) is 12.1 Å². The van der Waals surface area contributed by atoms with Crippen LogP contribution < -0.4 is 11.1 Å². The zero-order valence-electron chi connectivity index (χ0n) is 7.75. The minimum absolute atomic E-state index is 0.479. The van der Waals surface area contributed by atoms with E-state index in [4.69, 9.17) is 10.2 Å². The Hall–Kier alpha value is -0.960. The van der Waals surface area contributed by atoms with Crippen molar-refractivity contribution in [2.75, 3.05) is 5.32 Å². The summed E-state index contributed by atoms with van der Waals surface area (Å²) in [5.74, 6) is 1.72. The van der Waals surface area contributed by atoms with E-state index in [-0.39, 0.29) is 0 Å². The standard InChI is InChI=1S/C10H16N2O/c11-7-9-5-6-10(13-9)12-8-3-1-2-4-8/h5-6,8,12H,1-4,7,11H2. The molecule has 0 unspecified atom stereocenters. The first-order chi connectivity index (χ1) is 6.38. The highest BCUT2D eigenvalue weighted by molar-refractivity contribution is 5.33. The lowest BCUT2D eigenvalue weighted by Gasteiger charge is -2.09. The van der Waals surface area contributed by atoms with E-state index in [1.165, 1.54) is 25.7 Å². The van der Waals surface area contributed by atoms with E-state index >= 15 is 0 Å². The third-order valence-corrected chi connectivity index (χ3v) is 2.56. The highest BCUT2D eigenvalue weighted by atomic mass is 16.4. The molecule has 1 aromatic heterocycles. The van der Waals surface area contributed by atoms with Crippen molar-refractivity contribution < 1.29 is 4.42 Å². The molecule has 1 saturated carbocycles. The second-order valence-corrected chi connectivity index (χ2v) is 3.60. The maximum absolute atomic E-state index is 5.46. The van der Waals surface area contributed by atoms with Crippen LogP contribution in [-0.2, 0) is 6.54 Å². The molecule has 0 aromatic carbocycles. The molecule has 72 valence electrons. The molecule has 2 rings (SSSR count). The number of nitrogens with two attached hydrogens (primary N) is 1. The average molecular weight is 180 g/mol. The van der Waals surface area contributed by atoms with Gasteiger partial charge in [0.05, 0.1) is 6.54 Å². The van der Waals surface area contributed by atoms with E-state index in [9.17, 15) is 0 Å². The van der Waals surface area contributed by atoms with Gasteiger partial charge in [-0.05, 0) is 18.9 Å². The highest BCUT2D eigenvalue weighted by Gasteiger charge is 2.15. The zero-order valence-corrected chi connectivity index (χ0v) is 7.75. The molecule has 0 saturated heterocycles. The predicted octanol–water partition coefficient (Wildman–Crippen LogP) is 2.09. The third kappa shape index (κ3) is 2.04. The Morgan fingerprint density at radius 1 is 1.38 bits per heavy atom. The highest BCUT2D eigenvalue weighted by Crippen LogP contribution is 2.23. The van der Waals surface area contributed by atoms with Gasteiger partial charge >= 0.3 is 0 Å². The molecule has 1 fully saturated rings. The topological polar surface area (TPSA) is 51.2 Å². The van der Waals surface area contributed by atoms with Crippen molar-refractivity contribution in [3.8, 4) is 0 Å². The molecule has 1 aliphatic carbocycles. The lowest BCUT2D eigenvalue weighted by atomic mass is 10.2. The molecule has 13 heavy (non-hydrogen) atoms. The summed E-state index contributed by atoms with van der Waals surface area (Å²) in [6.45, 7) is 0.479. The first kappa shape index (κ1) is 8.63. The van der Waals surface area contributed by atoms with Gasteiger partial charge in [0.15, 0.2) is 5.88 Å². The van der Waals surface area contributed by atoms with E-state index in [1.807, 2.05) is 12.1 Å². The average Bonchev–Trinajstić information content (AvgIpc) is 2.76. The maximum atomic E-state index is 5.46. The van der Waals surface area contributed by atoms with Gasteiger partial charge in [0.25, 0.3) is 0 Å². The number of anilines is 1. The molecule has 3 nitrogen and oxygen atoms in total. The molecule has 0 spiro atoms. The maximum Gasteiger partial charge on any atom is 0.193 e. The van der Waals surface area contributed by atoms with Crippen LogP contribution in [0.2, 0.25) is 0 Å². The number of hydrogen-bond acceptors (Lipinski definition) is 3. The molecule has 0 aliphatic heterocycles. The smallest absolute Gasteiger partial charge is 0.193 e. The van der Waals surface area contributed by atoms with Gasteiger partial charge in [-0.2, -0.15) is 0 Å². The Bertz CT molecular complexity index is 264. The summed E-state index contributed by atoms with van der Waals surface area (Å²) in [7, 11) is 0. The molecule has 1 aromatic rings. The van der Waals surface area contributed by atoms with Crippen LogP contribution in [-0.4, -0.2) is 6.04 Å². The number of hydrogen-bond donors (Lipinski definition) is 2. The van der Waals surface area contributed by atoms with Crippen LogP contribution >= 0.6 is 0 Å². The van der Waals surface area contributed by atoms with Crippen LogP contribution in [0.1, 0.15) is 31.4 Å². The van der Waals surface area contributed by atoms with Crippen molar-refractivity contribution in [3.63, 3.8) is 0 Å². The van der Waals surface area contributed by atoms with E-state index in [2.05, 4.69) is 5.32 Å². The molecule has 0 amide bonds. The molecule has 3 heteroatoms. The fourth-order valence-corrected chi connectivity index (χ4v) is 1.84. The van der Waals surface area contributed by atoms with Gasteiger partial charge in [0.1, 0.15) is 5.76 Å². The summed E-state index contributed by atoms with van der Waals surface area (Å²) in [6, 6.07) is 4.49. The molecular weight excluding hydrogens is 164 g/mol. The minimum atomic E-state index is 0.479. The van der Waals surface area contributed by atoms with Crippen LogP contribution in [0.5, 0.6) is 0 Å². The van der Waals surface area contributed by atoms with Gasteiger partial charge < -0.3 is 15.5 Å². The SMILES string of the molecule is NCc1ccc(NC2CCCC2)o1. The van der Waals surface area contributed by atoms with E-state index < -0.39 is 0 Å². The number of furan rings is 1. The fraction of sp³-hybridized carbons (Fsp3) is 0.600. The van der Waals surface area contributed by atoms with E-state index in [1.54, 1.807) is 0 Å². The number of rotatable bonds is 3. The second-order valence-electron chi connectivity index (χ2n) is 3.60. The summed E-state index contributed by atoms with van der Waals surface area (Å²) in [5.41, 5.74) is 5.45. The Morgan fingerprint density at radius 2 is 2.15 bits per heavy atom. The molecule has 3 N–H and O–H groups in total. The first-order valence-electron chi connectivity index (χ1n) is 4.94. The Balaban J connectivity index is 1.92. The molecule has 0 bridgehead atoms. The predicted molar refractivity (Wildman–Crippen MR) is 52.5 cm³/mol. The zero-order chi connectivity index (χ0) is 9.10. The molecule has 0 atom stereocenters. The lowest BCUT2D eigenvalue weighted by Crippen LogP contribution is -2.13. The van der Waals surface area contributed by atoms with Crippen LogP contribution in [0.3, 0.4) is 0 Å². The Morgan fingerprint density at radius 3 is 2.77 bits per heavy atom. The Kier molecular flexibility index (Phi) is 2.54. The number of nitrogens with one attached hydrogen (secondary N) is 1. The van der Waals surface area contributed by atoms with E-state index in [0.717, 1.165) is 11.6 Å². The molecule has 1 aliphatic rings. The van der Waals surface area contributed by atoms with Gasteiger partial charge in [-0.25, -0.2) is 0 Å². The summed E-state index contributed by atoms with van der Waals surface area (Å²) < 4.78 is 5.46. The largest absolute Gasteiger partial charge is 0.444 e. The van der Waals surface area contributed by atoms with Gasteiger partial charge in [-0.15, -0.1) is 0 Å². The lowest BCUT2D eigenvalue weighted by molar-refractivity contribution is 0.515. The fourth-order valence-electron chi connectivity index (χ4n) is 1.84. The minimum Gasteiger partial charge on any atom is -0.444 e. The van der Waals surface area contributed by atoms with Crippen molar-refractivity contribution in [1.29, 1.82) is 0 Å². The van der Waals surface area contributed by atoms with E-state index in [0.29, 0.717) is 12.6 Å². The van der Waals surface area contributed by atoms with Crippen molar-refractivity contribution in [2.24, 2.45) is 5.73 Å². The molecule has 0 radical (unpaired) electrons. The monoisotopic (exact) mass is 180 g/mol. The first-order valence-corrected chi connectivity index (χ1v) is 4.94. The van der Waals surface area contributed by atoms with Gasteiger partial charge in [0.2, 0.25) is 0 Å². The van der Waals surface area contributed by atoms with Crippen LogP contribution in [0.25, 0.3) is 0 Å². The van der Waals surface area contributed by atoms with Gasteiger partial charge in [-0.3, -0.25) is 0 Å². The summed E-state index contributed by atoms with van der Waals surface area (Å²) in [5, 5.41) is 3.37. The second kappa shape index (κ2) is 3.83.